The van der Waals surface area contributed by atoms with Crippen LogP contribution in [0.1, 0.15) is 55.8 Å². The van der Waals surface area contributed by atoms with Crippen molar-refractivity contribution >= 4 is 0 Å². The Hall–Kier alpha value is -1.75. The lowest BCUT2D eigenvalue weighted by molar-refractivity contribution is 0.256. The average Bonchev–Trinajstić information content (AvgIpc) is 2.85. The van der Waals surface area contributed by atoms with Crippen LogP contribution in [0.3, 0.4) is 0 Å². The third-order valence-corrected chi connectivity index (χ3v) is 4.46. The molecule has 2 aromatic heterocycles. The van der Waals surface area contributed by atoms with Gasteiger partial charge in [0.25, 0.3) is 0 Å². The highest BCUT2D eigenvalue weighted by Gasteiger charge is 2.37. The lowest BCUT2D eigenvalue weighted by Crippen LogP contribution is -2.35. The van der Waals surface area contributed by atoms with Crippen molar-refractivity contribution in [2.75, 3.05) is 6.54 Å². The Labute approximate surface area is 125 Å². The second-order valence-electron chi connectivity index (χ2n) is 5.95. The fourth-order valence-corrected chi connectivity index (χ4v) is 3.14. The van der Waals surface area contributed by atoms with E-state index in [1.807, 2.05) is 18.3 Å². The van der Waals surface area contributed by atoms with E-state index in [9.17, 15) is 0 Å². The molecule has 3 rings (SSSR count). The molecule has 1 saturated carbocycles. The zero-order valence-corrected chi connectivity index (χ0v) is 12.3. The van der Waals surface area contributed by atoms with Crippen molar-refractivity contribution in [2.24, 2.45) is 5.73 Å². The Balaban J connectivity index is 1.79. The van der Waals surface area contributed by atoms with Crippen LogP contribution >= 0.6 is 0 Å². The number of rotatable bonds is 4. The summed E-state index contributed by atoms with van der Waals surface area (Å²) >= 11 is 0. The molecule has 0 unspecified atom stereocenters. The van der Waals surface area contributed by atoms with E-state index >= 15 is 0 Å². The molecular formula is C16H22N4O. The second-order valence-corrected chi connectivity index (χ2v) is 5.95. The van der Waals surface area contributed by atoms with E-state index < -0.39 is 0 Å². The largest absolute Gasteiger partial charge is 0.339 e. The topological polar surface area (TPSA) is 77.8 Å². The van der Waals surface area contributed by atoms with Gasteiger partial charge in [-0.15, -0.1) is 0 Å². The van der Waals surface area contributed by atoms with Gasteiger partial charge in [0.1, 0.15) is 0 Å². The summed E-state index contributed by atoms with van der Waals surface area (Å²) in [5.74, 6) is 1.45. The van der Waals surface area contributed by atoms with Gasteiger partial charge in [-0.3, -0.25) is 4.98 Å². The summed E-state index contributed by atoms with van der Waals surface area (Å²) in [7, 11) is 0. The van der Waals surface area contributed by atoms with Crippen molar-refractivity contribution in [3.63, 3.8) is 0 Å². The van der Waals surface area contributed by atoms with Gasteiger partial charge < -0.3 is 10.3 Å². The normalized spacial score (nSPS) is 18.3. The lowest BCUT2D eigenvalue weighted by atomic mass is 9.80. The number of aromatic nitrogens is 3. The second kappa shape index (κ2) is 6.35. The van der Waals surface area contributed by atoms with E-state index in [4.69, 9.17) is 10.3 Å². The van der Waals surface area contributed by atoms with Gasteiger partial charge in [0.15, 0.2) is 5.82 Å². The standard InChI is InChI=1S/C16H22N4O/c17-12-16(7-3-1-2-4-8-16)15-19-14(20-21-15)10-13-6-5-9-18-11-13/h5-6,9,11H,1-4,7-8,10,12,17H2. The summed E-state index contributed by atoms with van der Waals surface area (Å²) in [6, 6.07) is 3.94. The smallest absolute Gasteiger partial charge is 0.234 e. The Morgan fingerprint density at radius 3 is 2.67 bits per heavy atom. The molecular weight excluding hydrogens is 264 g/mol. The van der Waals surface area contributed by atoms with E-state index in [1.165, 1.54) is 25.7 Å². The zero-order valence-electron chi connectivity index (χ0n) is 12.3. The maximum atomic E-state index is 6.06. The summed E-state index contributed by atoms with van der Waals surface area (Å²) in [5, 5.41) is 4.14. The summed E-state index contributed by atoms with van der Waals surface area (Å²) in [6.45, 7) is 0.585. The van der Waals surface area contributed by atoms with Crippen LogP contribution in [-0.4, -0.2) is 21.7 Å². The lowest BCUT2D eigenvalue weighted by Gasteiger charge is -2.26. The van der Waals surface area contributed by atoms with E-state index in [1.54, 1.807) is 6.20 Å². The molecule has 2 aromatic rings. The summed E-state index contributed by atoms with van der Waals surface area (Å²) in [6.07, 6.45) is 11.3. The first-order chi connectivity index (χ1) is 10.3. The first-order valence-electron chi connectivity index (χ1n) is 7.74. The number of pyridine rings is 1. The van der Waals surface area contributed by atoms with Gasteiger partial charge >= 0.3 is 0 Å². The third-order valence-electron chi connectivity index (χ3n) is 4.46. The predicted molar refractivity (Wildman–Crippen MR) is 79.8 cm³/mol. The first-order valence-corrected chi connectivity index (χ1v) is 7.74. The SMILES string of the molecule is NCC1(c2nc(Cc3cccnc3)no2)CCCCCC1. The van der Waals surface area contributed by atoms with Gasteiger partial charge in [0.05, 0.1) is 5.41 Å². The fourth-order valence-electron chi connectivity index (χ4n) is 3.14. The highest BCUT2D eigenvalue weighted by atomic mass is 16.5. The monoisotopic (exact) mass is 286 g/mol. The van der Waals surface area contributed by atoms with Crippen molar-refractivity contribution in [3.8, 4) is 0 Å². The first kappa shape index (κ1) is 14.2. The zero-order chi connectivity index (χ0) is 14.5. The molecule has 0 bridgehead atoms. The molecule has 0 saturated heterocycles. The Kier molecular flexibility index (Phi) is 4.29. The molecule has 0 radical (unpaired) electrons. The molecule has 0 aromatic carbocycles. The van der Waals surface area contributed by atoms with Crippen LogP contribution in [0.25, 0.3) is 0 Å². The van der Waals surface area contributed by atoms with Crippen molar-refractivity contribution < 1.29 is 4.52 Å². The van der Waals surface area contributed by atoms with E-state index in [2.05, 4.69) is 15.1 Å². The van der Waals surface area contributed by atoms with Crippen LogP contribution in [0.2, 0.25) is 0 Å². The molecule has 1 aliphatic rings. The maximum Gasteiger partial charge on any atom is 0.234 e. The fraction of sp³-hybridized carbons (Fsp3) is 0.562. The van der Waals surface area contributed by atoms with Crippen molar-refractivity contribution in [1.82, 2.24) is 15.1 Å². The molecule has 0 atom stereocenters. The number of nitrogens with zero attached hydrogens (tertiary/aromatic N) is 3. The maximum absolute atomic E-state index is 6.06. The number of nitrogens with two attached hydrogens (primary N) is 1. The predicted octanol–water partition coefficient (Wildman–Crippen LogP) is 2.61. The highest BCUT2D eigenvalue weighted by molar-refractivity contribution is 5.15. The van der Waals surface area contributed by atoms with Crippen LogP contribution < -0.4 is 5.73 Å². The van der Waals surface area contributed by atoms with Gasteiger partial charge in [0.2, 0.25) is 5.89 Å². The minimum atomic E-state index is -0.114. The Bertz CT molecular complexity index is 559. The van der Waals surface area contributed by atoms with Gasteiger partial charge in [-0.05, 0) is 24.5 Å². The molecule has 1 aliphatic carbocycles. The molecule has 112 valence electrons. The van der Waals surface area contributed by atoms with Crippen LogP contribution in [0.5, 0.6) is 0 Å². The quantitative estimate of drug-likeness (QED) is 0.874. The molecule has 2 heterocycles. The highest BCUT2D eigenvalue weighted by Crippen LogP contribution is 2.36. The van der Waals surface area contributed by atoms with Crippen LogP contribution in [-0.2, 0) is 11.8 Å². The molecule has 0 amide bonds. The number of hydrogen-bond donors (Lipinski definition) is 1. The van der Waals surface area contributed by atoms with Crippen LogP contribution in [0, 0.1) is 0 Å². The Morgan fingerprint density at radius 2 is 2.00 bits per heavy atom. The van der Waals surface area contributed by atoms with Gasteiger partial charge in [-0.2, -0.15) is 4.98 Å². The van der Waals surface area contributed by atoms with Crippen LogP contribution in [0.4, 0.5) is 0 Å². The molecule has 2 N–H and O–H groups in total. The average molecular weight is 286 g/mol. The number of hydrogen-bond acceptors (Lipinski definition) is 5. The summed E-state index contributed by atoms with van der Waals surface area (Å²) in [5.41, 5.74) is 7.04. The van der Waals surface area contributed by atoms with Gasteiger partial charge in [0, 0.05) is 25.4 Å². The molecule has 5 heteroatoms. The molecule has 0 spiro atoms. The van der Waals surface area contributed by atoms with E-state index in [-0.39, 0.29) is 5.41 Å². The van der Waals surface area contributed by atoms with E-state index in [0.717, 1.165) is 30.1 Å². The molecule has 0 aliphatic heterocycles. The van der Waals surface area contributed by atoms with Crippen molar-refractivity contribution in [2.45, 2.75) is 50.4 Å². The van der Waals surface area contributed by atoms with Gasteiger partial charge in [-0.1, -0.05) is 36.9 Å². The Morgan fingerprint density at radius 1 is 1.19 bits per heavy atom. The van der Waals surface area contributed by atoms with Crippen molar-refractivity contribution in [1.29, 1.82) is 0 Å². The minimum Gasteiger partial charge on any atom is -0.339 e. The minimum absolute atomic E-state index is 0.114. The molecule has 21 heavy (non-hydrogen) atoms. The molecule has 5 nitrogen and oxygen atoms in total. The summed E-state index contributed by atoms with van der Waals surface area (Å²) < 4.78 is 5.56. The van der Waals surface area contributed by atoms with Crippen molar-refractivity contribution in [3.05, 3.63) is 41.8 Å². The van der Waals surface area contributed by atoms with Crippen LogP contribution in [0.15, 0.2) is 29.0 Å². The summed E-state index contributed by atoms with van der Waals surface area (Å²) in [4.78, 5) is 8.74. The molecule has 1 fully saturated rings. The third kappa shape index (κ3) is 3.13. The van der Waals surface area contributed by atoms with Gasteiger partial charge in [-0.25, -0.2) is 0 Å². The van der Waals surface area contributed by atoms with E-state index in [0.29, 0.717) is 13.0 Å².